The first-order valence-corrected chi connectivity index (χ1v) is 15.8. The molecule has 0 radical (unpaired) electrons. The predicted octanol–water partition coefficient (Wildman–Crippen LogP) is 1.37. The number of ketones is 1. The molecule has 0 aromatic heterocycles. The van der Waals surface area contributed by atoms with Crippen molar-refractivity contribution in [3.63, 3.8) is 0 Å². The van der Waals surface area contributed by atoms with Gasteiger partial charge >= 0.3 is 0 Å². The van der Waals surface area contributed by atoms with Gasteiger partial charge in [0, 0.05) is 18.9 Å². The van der Waals surface area contributed by atoms with Gasteiger partial charge in [-0.1, -0.05) is 71.9 Å². The predicted molar refractivity (Wildman–Crippen MR) is 175 cm³/mol. The number of hydrogen-bond donors (Lipinski definition) is 6. The molecular weight excluding hydrogens is 570 g/mol. The molecule has 0 spiro atoms. The average Bonchev–Trinajstić information content (AvgIpc) is 2.95. The van der Waals surface area contributed by atoms with Crippen molar-refractivity contribution in [2.24, 2.45) is 28.3 Å². The number of rotatable bonds is 17. The van der Waals surface area contributed by atoms with Crippen LogP contribution >= 0.6 is 11.8 Å². The molecule has 0 aliphatic rings. The number of guanidine groups is 1. The molecule has 4 amide bonds. The van der Waals surface area contributed by atoms with Crippen molar-refractivity contribution in [1.82, 2.24) is 21.3 Å². The maximum Gasteiger partial charge on any atom is 0.243 e. The minimum Gasteiger partial charge on any atom is -0.370 e. The fourth-order valence-corrected chi connectivity index (χ4v) is 3.42. The molecule has 13 heteroatoms. The lowest BCUT2D eigenvalue weighted by molar-refractivity contribution is -0.131. The van der Waals surface area contributed by atoms with Crippen LogP contribution in [0.4, 0.5) is 0 Å². The minimum absolute atomic E-state index is 0.116. The average molecular weight is 624 g/mol. The van der Waals surface area contributed by atoms with Gasteiger partial charge in [0.2, 0.25) is 24.1 Å². The maximum atomic E-state index is 12.6. The third-order valence-electron chi connectivity index (χ3n) is 5.15. The third kappa shape index (κ3) is 24.7. The molecule has 2 unspecified atom stereocenters. The molecule has 1 aromatic carbocycles. The summed E-state index contributed by atoms with van der Waals surface area (Å²) in [6, 6.07) is 7.49. The first-order valence-electron chi connectivity index (χ1n) is 14.4. The molecule has 43 heavy (non-hydrogen) atoms. The number of thioether (sulfide) groups is 1. The topological polar surface area (TPSA) is 198 Å². The van der Waals surface area contributed by atoms with Crippen LogP contribution in [-0.2, 0) is 30.4 Å². The molecule has 0 aliphatic heterocycles. The summed E-state index contributed by atoms with van der Waals surface area (Å²) in [6.45, 7) is 12.3. The number of amides is 4. The molecule has 12 nitrogen and oxygen atoms in total. The number of benzene rings is 1. The summed E-state index contributed by atoms with van der Waals surface area (Å²) in [7, 11) is 0. The number of carbonyl (C=O) groups is 5. The summed E-state index contributed by atoms with van der Waals surface area (Å²) in [5.74, 6) is -0.169. The Kier molecular flexibility index (Phi) is 25.2. The van der Waals surface area contributed by atoms with Crippen LogP contribution in [0.2, 0.25) is 0 Å². The summed E-state index contributed by atoms with van der Waals surface area (Å²) in [6.07, 6.45) is 3.98. The van der Waals surface area contributed by atoms with E-state index in [0.29, 0.717) is 18.6 Å². The Balaban J connectivity index is 0. The van der Waals surface area contributed by atoms with Crippen molar-refractivity contribution >= 4 is 47.6 Å². The highest BCUT2D eigenvalue weighted by atomic mass is 32.2. The molecule has 0 saturated carbocycles. The number of carbonyl (C=O) groups excluding carboxylic acids is 5. The van der Waals surface area contributed by atoms with Gasteiger partial charge in [0.15, 0.2) is 11.7 Å². The fourth-order valence-electron chi connectivity index (χ4n) is 2.95. The zero-order valence-electron chi connectivity index (χ0n) is 26.8. The van der Waals surface area contributed by atoms with Crippen LogP contribution in [-0.4, -0.2) is 79.6 Å². The monoisotopic (exact) mass is 623 g/mol. The van der Waals surface area contributed by atoms with Crippen molar-refractivity contribution in [3.05, 3.63) is 35.9 Å². The highest BCUT2D eigenvalue weighted by molar-refractivity contribution is 7.98. The standard InChI is InChI=1S/C22H32N4O5S.C4H11N3.C4H10/c1-15(2)19(28)12-23-22(31)18(11-16-7-5-4-6-8-16)26-20(29)13-24-21(30)17(25-14-27)9-10-32-3;1-2-3-7-4(5)6;1-4(2)3/h4-8,14-15,17-18H,9-13H2,1-3H3,(H,23,31)(H,24,30)(H,25,27)(H,26,29);2-3H2,1H3,(H4,5,6,7);4H,1-3H3. The lowest BCUT2D eigenvalue weighted by Gasteiger charge is -2.20. The quantitative estimate of drug-likeness (QED) is 0.0849. The number of nitrogens with zero attached hydrogens (tertiary/aromatic N) is 1. The Bertz CT molecular complexity index is 968. The lowest BCUT2D eigenvalue weighted by atomic mass is 10.0. The van der Waals surface area contributed by atoms with E-state index in [9.17, 15) is 24.0 Å². The zero-order chi connectivity index (χ0) is 33.2. The van der Waals surface area contributed by atoms with Crippen molar-refractivity contribution in [2.75, 3.05) is 31.6 Å². The molecule has 0 aliphatic carbocycles. The minimum atomic E-state index is -0.915. The number of nitrogens with two attached hydrogens (primary N) is 2. The molecule has 244 valence electrons. The first kappa shape index (κ1) is 41.5. The second kappa shape index (κ2) is 26.1. The summed E-state index contributed by atoms with van der Waals surface area (Å²) in [5, 5.41) is 10.1. The number of hydrogen-bond acceptors (Lipinski definition) is 7. The molecule has 8 N–H and O–H groups in total. The number of nitrogens with one attached hydrogen (secondary N) is 4. The Morgan fingerprint density at radius 1 is 0.930 bits per heavy atom. The number of Topliss-reactive ketones (excluding diaryl/α,β-unsaturated/α-hetero) is 1. The Morgan fingerprint density at radius 2 is 1.49 bits per heavy atom. The highest BCUT2D eigenvalue weighted by Crippen LogP contribution is 2.04. The molecule has 1 aromatic rings. The van der Waals surface area contributed by atoms with E-state index < -0.39 is 29.8 Å². The highest BCUT2D eigenvalue weighted by Gasteiger charge is 2.23. The van der Waals surface area contributed by atoms with Crippen LogP contribution < -0.4 is 32.7 Å². The second-order valence-corrected chi connectivity index (χ2v) is 11.5. The van der Waals surface area contributed by atoms with Gasteiger partial charge in [-0.15, -0.1) is 0 Å². The smallest absolute Gasteiger partial charge is 0.243 e. The van der Waals surface area contributed by atoms with Gasteiger partial charge in [0.1, 0.15) is 12.1 Å². The Labute approximate surface area is 261 Å². The van der Waals surface area contributed by atoms with E-state index in [4.69, 9.17) is 11.5 Å². The fraction of sp³-hybridized carbons (Fsp3) is 0.600. The van der Waals surface area contributed by atoms with Crippen LogP contribution in [0.3, 0.4) is 0 Å². The van der Waals surface area contributed by atoms with Crippen molar-refractivity contribution in [1.29, 1.82) is 0 Å². The van der Waals surface area contributed by atoms with E-state index in [-0.39, 0.29) is 37.2 Å². The molecule has 1 rings (SSSR count). The van der Waals surface area contributed by atoms with E-state index in [1.165, 1.54) is 11.8 Å². The first-order chi connectivity index (χ1) is 20.3. The Hall–Kier alpha value is -3.61. The molecule has 0 heterocycles. The van der Waals surface area contributed by atoms with Gasteiger partial charge < -0.3 is 32.7 Å². The SMILES string of the molecule is CC(C)C.CCCN=C(N)N.CSCCC(NC=O)C(=O)NCC(=O)NC(Cc1ccccc1)C(=O)NCC(=O)C(C)C. The second-order valence-electron chi connectivity index (χ2n) is 10.5. The normalized spacial score (nSPS) is 11.4. The van der Waals surface area contributed by atoms with Crippen LogP contribution in [0.5, 0.6) is 0 Å². The van der Waals surface area contributed by atoms with Gasteiger partial charge in [-0.05, 0) is 36.3 Å². The van der Waals surface area contributed by atoms with E-state index in [1.54, 1.807) is 13.8 Å². The van der Waals surface area contributed by atoms with Crippen LogP contribution in [0.15, 0.2) is 35.3 Å². The zero-order valence-corrected chi connectivity index (χ0v) is 27.6. The van der Waals surface area contributed by atoms with E-state index >= 15 is 0 Å². The van der Waals surface area contributed by atoms with E-state index in [1.807, 2.05) is 43.5 Å². The molecule has 2 atom stereocenters. The van der Waals surface area contributed by atoms with Gasteiger partial charge in [-0.25, -0.2) is 0 Å². The summed E-state index contributed by atoms with van der Waals surface area (Å²) in [4.78, 5) is 63.6. The van der Waals surface area contributed by atoms with Crippen LogP contribution in [0.25, 0.3) is 0 Å². The van der Waals surface area contributed by atoms with Crippen molar-refractivity contribution in [3.8, 4) is 0 Å². The summed E-state index contributed by atoms with van der Waals surface area (Å²) >= 11 is 1.53. The number of aliphatic imine (C=N–C) groups is 1. The van der Waals surface area contributed by atoms with E-state index in [0.717, 1.165) is 24.4 Å². The summed E-state index contributed by atoms with van der Waals surface area (Å²) in [5.41, 5.74) is 10.8. The lowest BCUT2D eigenvalue weighted by Crippen LogP contribution is -2.52. The molecule has 0 saturated heterocycles. The maximum absolute atomic E-state index is 12.6. The molecule has 0 fully saturated rings. The van der Waals surface area contributed by atoms with Crippen LogP contribution in [0.1, 0.15) is 59.9 Å². The molecule has 0 bridgehead atoms. The van der Waals surface area contributed by atoms with Gasteiger partial charge in [-0.2, -0.15) is 11.8 Å². The van der Waals surface area contributed by atoms with Crippen molar-refractivity contribution in [2.45, 2.75) is 72.9 Å². The van der Waals surface area contributed by atoms with Crippen LogP contribution in [0, 0.1) is 11.8 Å². The van der Waals surface area contributed by atoms with Crippen molar-refractivity contribution < 1.29 is 24.0 Å². The largest absolute Gasteiger partial charge is 0.370 e. The third-order valence-corrected chi connectivity index (χ3v) is 5.80. The van der Waals surface area contributed by atoms with Gasteiger partial charge in [0.25, 0.3) is 0 Å². The molecular formula is C30H53N7O5S. The summed E-state index contributed by atoms with van der Waals surface area (Å²) < 4.78 is 0. The van der Waals surface area contributed by atoms with Gasteiger partial charge in [-0.3, -0.25) is 29.0 Å². The Morgan fingerprint density at radius 3 is 1.95 bits per heavy atom. The van der Waals surface area contributed by atoms with Gasteiger partial charge in [0.05, 0.1) is 13.1 Å². The van der Waals surface area contributed by atoms with E-state index in [2.05, 4.69) is 47.0 Å².